The SMILES string of the molecule is CC[C@@H](Oc1cc(Cl)ccc1Cl)C(=O)Nc1sc2c(c1C(=O)OC(C)C)CCC2. The molecule has 0 unspecified atom stereocenters. The zero-order chi connectivity index (χ0) is 21.1. The zero-order valence-electron chi connectivity index (χ0n) is 16.5. The van der Waals surface area contributed by atoms with Gasteiger partial charge >= 0.3 is 5.97 Å². The summed E-state index contributed by atoms with van der Waals surface area (Å²) in [7, 11) is 0. The van der Waals surface area contributed by atoms with E-state index in [0.29, 0.717) is 32.8 Å². The maximum Gasteiger partial charge on any atom is 0.341 e. The van der Waals surface area contributed by atoms with E-state index in [1.165, 1.54) is 11.3 Å². The molecule has 1 aromatic heterocycles. The van der Waals surface area contributed by atoms with E-state index in [1.807, 2.05) is 6.92 Å². The Hall–Kier alpha value is -1.76. The molecule has 0 fully saturated rings. The summed E-state index contributed by atoms with van der Waals surface area (Å²) in [5.41, 5.74) is 1.46. The normalized spacial score (nSPS) is 13.9. The molecule has 1 N–H and O–H groups in total. The van der Waals surface area contributed by atoms with Crippen LogP contribution >= 0.6 is 34.5 Å². The highest BCUT2D eigenvalue weighted by atomic mass is 35.5. The number of halogens is 2. The molecule has 0 bridgehead atoms. The number of nitrogens with one attached hydrogen (secondary N) is 1. The highest BCUT2D eigenvalue weighted by Crippen LogP contribution is 2.40. The Bertz CT molecular complexity index is 926. The van der Waals surface area contributed by atoms with Crippen molar-refractivity contribution in [2.24, 2.45) is 0 Å². The molecular weight excluding hydrogens is 433 g/mol. The quantitative estimate of drug-likeness (QED) is 0.527. The molecule has 1 atom stereocenters. The molecule has 1 aliphatic rings. The van der Waals surface area contributed by atoms with Crippen LogP contribution < -0.4 is 10.1 Å². The average molecular weight is 456 g/mol. The lowest BCUT2D eigenvalue weighted by atomic mass is 10.1. The topological polar surface area (TPSA) is 64.6 Å². The van der Waals surface area contributed by atoms with Crippen molar-refractivity contribution in [1.29, 1.82) is 0 Å². The first kappa shape index (κ1) is 21.9. The fraction of sp³-hybridized carbons (Fsp3) is 0.429. The van der Waals surface area contributed by atoms with Crippen molar-refractivity contribution in [1.82, 2.24) is 0 Å². The molecule has 1 heterocycles. The largest absolute Gasteiger partial charge is 0.479 e. The maximum absolute atomic E-state index is 12.9. The van der Waals surface area contributed by atoms with Crippen LogP contribution in [0, 0.1) is 0 Å². The molecule has 0 spiro atoms. The van der Waals surface area contributed by atoms with Gasteiger partial charge in [-0.25, -0.2) is 4.79 Å². The van der Waals surface area contributed by atoms with Crippen molar-refractivity contribution in [3.63, 3.8) is 0 Å². The van der Waals surface area contributed by atoms with E-state index in [9.17, 15) is 9.59 Å². The number of carbonyl (C=O) groups is 2. The molecule has 1 aromatic carbocycles. The number of hydrogen-bond donors (Lipinski definition) is 1. The standard InChI is InChI=1S/C21H23Cl2NO4S/c1-4-15(28-16-10-12(22)8-9-14(16)23)19(25)24-20-18(21(26)27-11(2)3)13-6-5-7-17(13)29-20/h8-11,15H,4-7H2,1-3H3,(H,24,25)/t15-/m1/s1. The third kappa shape index (κ3) is 5.05. The minimum absolute atomic E-state index is 0.236. The van der Waals surface area contributed by atoms with Crippen LogP contribution in [0.5, 0.6) is 5.75 Å². The number of thiophene rings is 1. The van der Waals surface area contributed by atoms with E-state index in [2.05, 4.69) is 5.32 Å². The van der Waals surface area contributed by atoms with E-state index in [-0.39, 0.29) is 12.0 Å². The first-order chi connectivity index (χ1) is 13.8. The van der Waals surface area contributed by atoms with Gasteiger partial charge in [0.1, 0.15) is 10.8 Å². The van der Waals surface area contributed by atoms with Crippen LogP contribution in [0.1, 0.15) is 54.4 Å². The molecule has 3 rings (SSSR count). The third-order valence-corrected chi connectivity index (χ3v) is 6.29. The van der Waals surface area contributed by atoms with Crippen LogP contribution in [-0.4, -0.2) is 24.1 Å². The van der Waals surface area contributed by atoms with Crippen molar-refractivity contribution in [3.05, 3.63) is 44.2 Å². The summed E-state index contributed by atoms with van der Waals surface area (Å²) >= 11 is 13.6. The van der Waals surface area contributed by atoms with Gasteiger partial charge in [0.05, 0.1) is 16.7 Å². The molecule has 0 radical (unpaired) electrons. The van der Waals surface area contributed by atoms with Crippen LogP contribution in [0.4, 0.5) is 5.00 Å². The van der Waals surface area contributed by atoms with Gasteiger partial charge in [0.15, 0.2) is 6.10 Å². The molecule has 0 saturated carbocycles. The number of esters is 1. The van der Waals surface area contributed by atoms with Crippen molar-refractivity contribution in [2.45, 2.75) is 58.7 Å². The Kier molecular flexibility index (Phi) is 7.09. The molecular formula is C21H23Cl2NO4S. The highest BCUT2D eigenvalue weighted by molar-refractivity contribution is 7.17. The Morgan fingerprint density at radius 2 is 2.00 bits per heavy atom. The van der Waals surface area contributed by atoms with Gasteiger partial charge in [0, 0.05) is 16.0 Å². The van der Waals surface area contributed by atoms with Crippen LogP contribution in [0.25, 0.3) is 0 Å². The molecule has 0 saturated heterocycles. The van der Waals surface area contributed by atoms with Gasteiger partial charge in [-0.3, -0.25) is 4.79 Å². The summed E-state index contributed by atoms with van der Waals surface area (Å²) in [6.45, 7) is 5.45. The lowest BCUT2D eigenvalue weighted by Gasteiger charge is -2.18. The Morgan fingerprint density at radius 1 is 1.24 bits per heavy atom. The second kappa shape index (κ2) is 9.37. The van der Waals surface area contributed by atoms with Crippen molar-refractivity contribution < 1.29 is 19.1 Å². The number of aryl methyl sites for hydroxylation is 1. The molecule has 156 valence electrons. The number of anilines is 1. The molecule has 0 aliphatic heterocycles. The summed E-state index contributed by atoms with van der Waals surface area (Å²) in [4.78, 5) is 26.7. The zero-order valence-corrected chi connectivity index (χ0v) is 18.8. The number of rotatable bonds is 7. The second-order valence-electron chi connectivity index (χ2n) is 7.09. The number of benzene rings is 1. The minimum Gasteiger partial charge on any atom is -0.479 e. The van der Waals surface area contributed by atoms with Crippen molar-refractivity contribution >= 4 is 51.4 Å². The summed E-state index contributed by atoms with van der Waals surface area (Å²) in [6, 6.07) is 4.84. The summed E-state index contributed by atoms with van der Waals surface area (Å²) in [5.74, 6) is -0.405. The predicted octanol–water partition coefficient (Wildman–Crippen LogP) is 5.90. The number of ether oxygens (including phenoxy) is 2. The van der Waals surface area contributed by atoms with Gasteiger partial charge in [0.25, 0.3) is 5.91 Å². The second-order valence-corrected chi connectivity index (χ2v) is 9.04. The Morgan fingerprint density at radius 3 is 2.69 bits per heavy atom. The molecule has 2 aromatic rings. The van der Waals surface area contributed by atoms with E-state index in [1.54, 1.807) is 32.0 Å². The first-order valence-electron chi connectivity index (χ1n) is 9.58. The van der Waals surface area contributed by atoms with Crippen molar-refractivity contribution in [2.75, 3.05) is 5.32 Å². The van der Waals surface area contributed by atoms with Crippen LogP contribution in [0.3, 0.4) is 0 Å². The number of fused-ring (bicyclic) bond motifs is 1. The van der Waals surface area contributed by atoms with Gasteiger partial charge in [-0.05, 0) is 57.2 Å². The first-order valence-corrected chi connectivity index (χ1v) is 11.2. The van der Waals surface area contributed by atoms with Gasteiger partial charge in [0.2, 0.25) is 0 Å². The smallest absolute Gasteiger partial charge is 0.341 e. The molecule has 1 aliphatic carbocycles. The lowest BCUT2D eigenvalue weighted by molar-refractivity contribution is -0.122. The summed E-state index contributed by atoms with van der Waals surface area (Å²) in [6.07, 6.45) is 2.13. The van der Waals surface area contributed by atoms with E-state index in [0.717, 1.165) is 29.7 Å². The van der Waals surface area contributed by atoms with Crippen LogP contribution in [0.15, 0.2) is 18.2 Å². The fourth-order valence-corrected chi connectivity index (χ4v) is 4.82. The highest BCUT2D eigenvalue weighted by Gasteiger charge is 2.30. The average Bonchev–Trinajstić information content (AvgIpc) is 3.22. The number of carbonyl (C=O) groups excluding carboxylic acids is 2. The third-order valence-electron chi connectivity index (χ3n) is 4.53. The molecule has 8 heteroatoms. The van der Waals surface area contributed by atoms with Gasteiger partial charge in [-0.15, -0.1) is 11.3 Å². The van der Waals surface area contributed by atoms with Gasteiger partial charge in [-0.1, -0.05) is 30.1 Å². The molecule has 29 heavy (non-hydrogen) atoms. The minimum atomic E-state index is -0.781. The monoisotopic (exact) mass is 455 g/mol. The number of amides is 1. The summed E-state index contributed by atoms with van der Waals surface area (Å²) < 4.78 is 11.2. The predicted molar refractivity (Wildman–Crippen MR) is 117 cm³/mol. The maximum atomic E-state index is 12.9. The Balaban J connectivity index is 1.82. The summed E-state index contributed by atoms with van der Waals surface area (Å²) in [5, 5.41) is 4.23. The van der Waals surface area contributed by atoms with E-state index < -0.39 is 12.1 Å². The lowest BCUT2D eigenvalue weighted by Crippen LogP contribution is -2.32. The number of hydrogen-bond acceptors (Lipinski definition) is 5. The van der Waals surface area contributed by atoms with Crippen molar-refractivity contribution in [3.8, 4) is 5.75 Å². The van der Waals surface area contributed by atoms with Gasteiger partial charge < -0.3 is 14.8 Å². The Labute approximate surface area is 184 Å². The van der Waals surface area contributed by atoms with E-state index >= 15 is 0 Å². The van der Waals surface area contributed by atoms with Crippen LogP contribution in [-0.2, 0) is 22.4 Å². The fourth-order valence-electron chi connectivity index (χ4n) is 3.22. The van der Waals surface area contributed by atoms with Gasteiger partial charge in [-0.2, -0.15) is 0 Å². The molecule has 5 nitrogen and oxygen atoms in total. The molecule has 1 amide bonds. The van der Waals surface area contributed by atoms with Crippen LogP contribution in [0.2, 0.25) is 10.0 Å². The van der Waals surface area contributed by atoms with E-state index in [4.69, 9.17) is 32.7 Å².